The predicted molar refractivity (Wildman–Crippen MR) is 86.9 cm³/mol. The van der Waals surface area contributed by atoms with Crippen LogP contribution in [0.1, 0.15) is 31.2 Å². The quantitative estimate of drug-likeness (QED) is 0.858. The summed E-state index contributed by atoms with van der Waals surface area (Å²) < 4.78 is 10.9. The van der Waals surface area contributed by atoms with Crippen molar-refractivity contribution in [2.45, 2.75) is 43.7 Å². The van der Waals surface area contributed by atoms with Gasteiger partial charge in [-0.2, -0.15) is 0 Å². The van der Waals surface area contributed by atoms with Gasteiger partial charge in [0.25, 0.3) is 0 Å². The molecule has 1 aromatic carbocycles. The second-order valence-corrected chi connectivity index (χ2v) is 6.76. The lowest BCUT2D eigenvalue weighted by Crippen LogP contribution is -2.56. The van der Waals surface area contributed by atoms with Crippen LogP contribution in [0.3, 0.4) is 0 Å². The van der Waals surface area contributed by atoms with Gasteiger partial charge in [-0.1, -0.05) is 12.1 Å². The Morgan fingerprint density at radius 2 is 2.00 bits per heavy atom. The van der Waals surface area contributed by atoms with Gasteiger partial charge in [-0.05, 0) is 43.4 Å². The molecule has 1 saturated carbocycles. The molecule has 1 aromatic rings. The third-order valence-corrected chi connectivity index (χ3v) is 4.97. The van der Waals surface area contributed by atoms with E-state index in [4.69, 9.17) is 14.6 Å². The predicted octanol–water partition coefficient (Wildman–Crippen LogP) is 1.77. The van der Waals surface area contributed by atoms with Gasteiger partial charge in [-0.3, -0.25) is 9.59 Å². The molecule has 1 spiro atoms. The molecule has 6 heteroatoms. The number of hydrogen-bond acceptors (Lipinski definition) is 4. The van der Waals surface area contributed by atoms with Crippen LogP contribution in [0.15, 0.2) is 24.3 Å². The molecule has 0 radical (unpaired) electrons. The topological polar surface area (TPSA) is 84.9 Å². The summed E-state index contributed by atoms with van der Waals surface area (Å²) in [5, 5.41) is 12.1. The van der Waals surface area contributed by atoms with E-state index in [9.17, 15) is 9.59 Å². The Bertz CT molecular complexity index is 606. The number of carbonyl (C=O) groups is 2. The van der Waals surface area contributed by atoms with Crippen LogP contribution in [0, 0.1) is 5.92 Å². The van der Waals surface area contributed by atoms with Crippen LogP contribution in [0.2, 0.25) is 0 Å². The second kappa shape index (κ2) is 6.81. The molecule has 2 aliphatic rings. The second-order valence-electron chi connectivity index (χ2n) is 6.76. The van der Waals surface area contributed by atoms with Gasteiger partial charge in [-0.15, -0.1) is 0 Å². The van der Waals surface area contributed by atoms with Crippen molar-refractivity contribution >= 4 is 11.9 Å². The van der Waals surface area contributed by atoms with Crippen molar-refractivity contribution in [2.24, 2.45) is 5.92 Å². The van der Waals surface area contributed by atoms with Crippen molar-refractivity contribution in [3.05, 3.63) is 29.8 Å². The van der Waals surface area contributed by atoms with E-state index in [1.165, 1.54) is 0 Å². The van der Waals surface area contributed by atoms with E-state index in [1.807, 2.05) is 24.3 Å². The minimum atomic E-state index is -0.755. The normalized spacial score (nSPS) is 28.9. The first kappa shape index (κ1) is 16.8. The zero-order chi connectivity index (χ0) is 17.2. The monoisotopic (exact) mass is 333 g/mol. The molecule has 2 fully saturated rings. The van der Waals surface area contributed by atoms with Crippen molar-refractivity contribution in [3.8, 4) is 5.75 Å². The van der Waals surface area contributed by atoms with Crippen molar-refractivity contribution < 1.29 is 24.2 Å². The number of nitrogens with one attached hydrogen (secondary N) is 1. The summed E-state index contributed by atoms with van der Waals surface area (Å²) in [6, 6.07) is 7.50. The van der Waals surface area contributed by atoms with Gasteiger partial charge in [0.2, 0.25) is 5.91 Å². The van der Waals surface area contributed by atoms with Crippen molar-refractivity contribution in [3.63, 3.8) is 0 Å². The Hall–Kier alpha value is -2.08. The van der Waals surface area contributed by atoms with Crippen molar-refractivity contribution in [2.75, 3.05) is 13.7 Å². The maximum Gasteiger partial charge on any atom is 0.306 e. The maximum atomic E-state index is 12.2. The number of ether oxygens (including phenoxy) is 2. The molecule has 0 aromatic heterocycles. The van der Waals surface area contributed by atoms with Gasteiger partial charge in [-0.25, -0.2) is 0 Å². The number of hydrogen-bond donors (Lipinski definition) is 2. The first-order valence-corrected chi connectivity index (χ1v) is 8.29. The number of amides is 1. The molecule has 1 heterocycles. The Morgan fingerprint density at radius 3 is 2.62 bits per heavy atom. The molecule has 130 valence electrons. The summed E-state index contributed by atoms with van der Waals surface area (Å²) in [4.78, 5) is 23.2. The fourth-order valence-corrected chi connectivity index (χ4v) is 3.66. The van der Waals surface area contributed by atoms with Crippen molar-refractivity contribution in [1.82, 2.24) is 5.32 Å². The summed E-state index contributed by atoms with van der Waals surface area (Å²) in [5.41, 5.74) is 0.587. The Morgan fingerprint density at radius 1 is 1.29 bits per heavy atom. The summed E-state index contributed by atoms with van der Waals surface area (Å²) in [6.45, 7) is 0.569. The average molecular weight is 333 g/mol. The lowest BCUT2D eigenvalue weighted by Gasteiger charge is -2.50. The van der Waals surface area contributed by atoms with Gasteiger partial charge in [0.15, 0.2) is 0 Å². The molecule has 2 N–H and O–H groups in total. The highest BCUT2D eigenvalue weighted by Crippen LogP contribution is 2.46. The lowest BCUT2D eigenvalue weighted by molar-refractivity contribution is -0.182. The fraction of sp³-hybridized carbons (Fsp3) is 0.556. The molecule has 1 aliphatic heterocycles. The van der Waals surface area contributed by atoms with Crippen LogP contribution in [0.25, 0.3) is 0 Å². The van der Waals surface area contributed by atoms with E-state index >= 15 is 0 Å². The number of carboxylic acids is 1. The van der Waals surface area contributed by atoms with E-state index in [1.54, 1.807) is 7.11 Å². The van der Waals surface area contributed by atoms with Gasteiger partial charge in [0.1, 0.15) is 5.75 Å². The molecule has 3 rings (SSSR count). The average Bonchev–Trinajstić information content (AvgIpc) is 2.53. The highest BCUT2D eigenvalue weighted by Gasteiger charge is 2.51. The van der Waals surface area contributed by atoms with E-state index in [2.05, 4.69) is 5.32 Å². The Kier molecular flexibility index (Phi) is 4.76. The van der Waals surface area contributed by atoms with Gasteiger partial charge in [0, 0.05) is 12.6 Å². The number of methoxy groups -OCH3 is 1. The SMILES string of the molecule is COc1ccc(CC(=O)NC2CCOC3(C2)CC(C(=O)O)C3)cc1. The van der Waals surface area contributed by atoms with Crippen LogP contribution < -0.4 is 10.1 Å². The highest BCUT2D eigenvalue weighted by molar-refractivity contribution is 5.79. The summed E-state index contributed by atoms with van der Waals surface area (Å²) >= 11 is 0. The molecule has 1 saturated heterocycles. The highest BCUT2D eigenvalue weighted by atomic mass is 16.5. The van der Waals surface area contributed by atoms with Gasteiger partial charge >= 0.3 is 5.97 Å². The molecule has 0 bridgehead atoms. The number of carbonyl (C=O) groups excluding carboxylic acids is 1. The number of rotatable bonds is 5. The van der Waals surface area contributed by atoms with Crippen LogP contribution >= 0.6 is 0 Å². The largest absolute Gasteiger partial charge is 0.497 e. The fourth-order valence-electron chi connectivity index (χ4n) is 3.66. The summed E-state index contributed by atoms with van der Waals surface area (Å²) in [6.07, 6.45) is 2.89. The van der Waals surface area contributed by atoms with Crippen LogP contribution in [-0.4, -0.2) is 42.3 Å². The van der Waals surface area contributed by atoms with Crippen LogP contribution in [0.5, 0.6) is 5.75 Å². The minimum absolute atomic E-state index is 0.0173. The lowest BCUT2D eigenvalue weighted by atomic mass is 9.66. The van der Waals surface area contributed by atoms with E-state index in [-0.39, 0.29) is 23.5 Å². The number of benzene rings is 1. The zero-order valence-corrected chi connectivity index (χ0v) is 13.8. The smallest absolute Gasteiger partial charge is 0.306 e. The molecule has 1 amide bonds. The third-order valence-electron chi connectivity index (χ3n) is 4.97. The van der Waals surface area contributed by atoms with Crippen molar-refractivity contribution in [1.29, 1.82) is 0 Å². The number of carboxylic acid groups (broad SMARTS) is 1. The zero-order valence-electron chi connectivity index (χ0n) is 13.8. The summed E-state index contributed by atoms with van der Waals surface area (Å²) in [5.74, 6) is -0.312. The maximum absolute atomic E-state index is 12.2. The molecular weight excluding hydrogens is 310 g/mol. The molecular formula is C18H23NO5. The van der Waals surface area contributed by atoms with E-state index < -0.39 is 5.97 Å². The minimum Gasteiger partial charge on any atom is -0.497 e. The molecule has 24 heavy (non-hydrogen) atoms. The number of aliphatic carboxylic acids is 1. The van der Waals surface area contributed by atoms with E-state index in [0.717, 1.165) is 17.7 Å². The first-order chi connectivity index (χ1) is 11.5. The summed E-state index contributed by atoms with van der Waals surface area (Å²) in [7, 11) is 1.61. The molecule has 1 atom stereocenters. The molecule has 1 aliphatic carbocycles. The third kappa shape index (κ3) is 3.70. The Balaban J connectivity index is 1.50. The van der Waals surface area contributed by atoms with Gasteiger partial charge in [0.05, 0.1) is 25.0 Å². The molecule has 1 unspecified atom stereocenters. The first-order valence-electron chi connectivity index (χ1n) is 8.29. The van der Waals surface area contributed by atoms with Crippen LogP contribution in [0.4, 0.5) is 0 Å². The van der Waals surface area contributed by atoms with Gasteiger partial charge < -0.3 is 19.9 Å². The standard InChI is InChI=1S/C18H23NO5/c1-23-15-4-2-12(3-5-15)8-16(20)19-14-6-7-24-18(11-14)9-13(10-18)17(21)22/h2-5,13-14H,6-11H2,1H3,(H,19,20)(H,21,22). The molecule has 6 nitrogen and oxygen atoms in total. The van der Waals surface area contributed by atoms with E-state index in [0.29, 0.717) is 32.3 Å². The Labute approximate surface area is 141 Å². The van der Waals surface area contributed by atoms with Crippen LogP contribution in [-0.2, 0) is 20.7 Å².